The lowest BCUT2D eigenvalue weighted by Crippen LogP contribution is -2.26. The normalized spacial score (nSPS) is 18.2. The number of hydrogen-bond acceptors (Lipinski definition) is 3. The van der Waals surface area contributed by atoms with E-state index in [2.05, 4.69) is 29.3 Å². The molecule has 2 rings (SSSR count). The van der Waals surface area contributed by atoms with E-state index in [0.717, 1.165) is 13.1 Å². The van der Waals surface area contributed by atoms with E-state index >= 15 is 0 Å². The zero-order valence-electron chi connectivity index (χ0n) is 12.3. The maximum Gasteiger partial charge on any atom is 0.0328 e. The fraction of sp³-hybridized carbons (Fsp3) is 0.750. The van der Waals surface area contributed by atoms with Crippen LogP contribution in [0.3, 0.4) is 0 Å². The van der Waals surface area contributed by atoms with Gasteiger partial charge in [0, 0.05) is 22.8 Å². The van der Waals surface area contributed by atoms with Crippen molar-refractivity contribution in [2.24, 2.45) is 0 Å². The van der Waals surface area contributed by atoms with Crippen LogP contribution in [0.2, 0.25) is 0 Å². The van der Waals surface area contributed by atoms with Crippen molar-refractivity contribution in [2.45, 2.75) is 58.5 Å². The summed E-state index contributed by atoms with van der Waals surface area (Å²) in [6, 6.07) is 4.62. The molecule has 1 fully saturated rings. The number of nitrogens with one attached hydrogen (secondary N) is 1. The molecular formula is C16H28N2S. The van der Waals surface area contributed by atoms with Gasteiger partial charge in [-0.15, -0.1) is 11.3 Å². The third-order valence-electron chi connectivity index (χ3n) is 3.77. The predicted octanol–water partition coefficient (Wildman–Crippen LogP) is 4.01. The van der Waals surface area contributed by atoms with Gasteiger partial charge in [-0.1, -0.05) is 26.2 Å². The Labute approximate surface area is 122 Å². The fourth-order valence-electron chi connectivity index (χ4n) is 2.68. The van der Waals surface area contributed by atoms with Crippen molar-refractivity contribution in [1.29, 1.82) is 0 Å². The summed E-state index contributed by atoms with van der Waals surface area (Å²) in [5.74, 6) is 0. The fourth-order valence-corrected chi connectivity index (χ4v) is 3.71. The third-order valence-corrected chi connectivity index (χ3v) is 4.84. The highest BCUT2D eigenvalue weighted by molar-refractivity contribution is 7.11. The number of nitrogens with zero attached hydrogens (tertiary/aromatic N) is 1. The minimum atomic E-state index is 1.04. The van der Waals surface area contributed by atoms with Crippen LogP contribution in [0.15, 0.2) is 12.1 Å². The van der Waals surface area contributed by atoms with E-state index in [9.17, 15) is 0 Å². The molecule has 3 heteroatoms. The van der Waals surface area contributed by atoms with E-state index in [-0.39, 0.29) is 0 Å². The molecule has 0 aromatic carbocycles. The quantitative estimate of drug-likeness (QED) is 0.792. The Kier molecular flexibility index (Phi) is 6.90. The zero-order valence-corrected chi connectivity index (χ0v) is 13.1. The summed E-state index contributed by atoms with van der Waals surface area (Å²) in [7, 11) is 0. The lowest BCUT2D eigenvalue weighted by atomic mass is 10.1. The second kappa shape index (κ2) is 8.72. The first-order valence-corrected chi connectivity index (χ1v) is 8.71. The first kappa shape index (κ1) is 15.0. The monoisotopic (exact) mass is 280 g/mol. The smallest absolute Gasteiger partial charge is 0.0328 e. The summed E-state index contributed by atoms with van der Waals surface area (Å²) in [4.78, 5) is 5.66. The van der Waals surface area contributed by atoms with Crippen LogP contribution < -0.4 is 5.32 Å². The molecule has 0 aliphatic carbocycles. The van der Waals surface area contributed by atoms with E-state index < -0.39 is 0 Å². The summed E-state index contributed by atoms with van der Waals surface area (Å²) < 4.78 is 0. The van der Waals surface area contributed by atoms with Crippen LogP contribution in [0.5, 0.6) is 0 Å². The minimum absolute atomic E-state index is 1.04. The molecule has 2 heterocycles. The molecule has 0 spiro atoms. The van der Waals surface area contributed by atoms with Crippen molar-refractivity contribution in [2.75, 3.05) is 19.6 Å². The Morgan fingerprint density at radius 1 is 1.05 bits per heavy atom. The van der Waals surface area contributed by atoms with Crippen LogP contribution in [0.25, 0.3) is 0 Å². The van der Waals surface area contributed by atoms with E-state index in [1.807, 2.05) is 11.3 Å². The maximum absolute atomic E-state index is 3.48. The number of rotatable bonds is 6. The van der Waals surface area contributed by atoms with Crippen molar-refractivity contribution < 1.29 is 0 Å². The highest BCUT2D eigenvalue weighted by Gasteiger charge is 2.10. The summed E-state index contributed by atoms with van der Waals surface area (Å²) in [5.41, 5.74) is 0. The molecule has 1 aliphatic rings. The molecule has 1 aromatic heterocycles. The molecule has 19 heavy (non-hydrogen) atoms. The molecule has 0 bridgehead atoms. The van der Waals surface area contributed by atoms with Gasteiger partial charge >= 0.3 is 0 Å². The largest absolute Gasteiger partial charge is 0.312 e. The van der Waals surface area contributed by atoms with Crippen LogP contribution >= 0.6 is 11.3 Å². The molecule has 2 nitrogen and oxygen atoms in total. The summed E-state index contributed by atoms with van der Waals surface area (Å²) in [6.45, 7) is 8.13. The lowest BCUT2D eigenvalue weighted by Gasteiger charge is -2.23. The lowest BCUT2D eigenvalue weighted by molar-refractivity contribution is 0.241. The molecule has 1 aromatic rings. The average Bonchev–Trinajstić information content (AvgIpc) is 2.81. The molecule has 1 aliphatic heterocycles. The van der Waals surface area contributed by atoms with Gasteiger partial charge in [-0.05, 0) is 51.0 Å². The Bertz CT molecular complexity index is 340. The standard InChI is InChI=1S/C16H28N2S/c1-2-10-17-13-15-8-9-16(19-15)14-18-11-6-4-3-5-7-12-18/h8-9,17H,2-7,10-14H2,1H3. The second-order valence-electron chi connectivity index (χ2n) is 5.59. The van der Waals surface area contributed by atoms with Crippen molar-refractivity contribution in [1.82, 2.24) is 10.2 Å². The molecule has 1 N–H and O–H groups in total. The van der Waals surface area contributed by atoms with Gasteiger partial charge in [0.2, 0.25) is 0 Å². The molecule has 0 radical (unpaired) electrons. The summed E-state index contributed by atoms with van der Waals surface area (Å²) in [6.07, 6.45) is 8.28. The Balaban J connectivity index is 1.77. The average molecular weight is 280 g/mol. The Morgan fingerprint density at radius 2 is 1.74 bits per heavy atom. The zero-order chi connectivity index (χ0) is 13.3. The van der Waals surface area contributed by atoms with E-state index in [1.54, 1.807) is 0 Å². The molecule has 0 atom stereocenters. The third kappa shape index (κ3) is 5.64. The number of likely N-dealkylation sites (tertiary alicyclic amines) is 1. The Hall–Kier alpha value is -0.380. The first-order valence-electron chi connectivity index (χ1n) is 7.89. The van der Waals surface area contributed by atoms with Crippen LogP contribution in [0.4, 0.5) is 0 Å². The van der Waals surface area contributed by atoms with Crippen LogP contribution in [-0.4, -0.2) is 24.5 Å². The number of thiophene rings is 1. The van der Waals surface area contributed by atoms with Crippen LogP contribution in [0.1, 0.15) is 55.2 Å². The maximum atomic E-state index is 3.48. The van der Waals surface area contributed by atoms with Gasteiger partial charge < -0.3 is 5.32 Å². The second-order valence-corrected chi connectivity index (χ2v) is 6.84. The highest BCUT2D eigenvalue weighted by Crippen LogP contribution is 2.20. The van der Waals surface area contributed by atoms with Crippen molar-refractivity contribution in [3.63, 3.8) is 0 Å². The van der Waals surface area contributed by atoms with Gasteiger partial charge in [0.05, 0.1) is 0 Å². The highest BCUT2D eigenvalue weighted by atomic mass is 32.1. The molecule has 108 valence electrons. The topological polar surface area (TPSA) is 15.3 Å². The van der Waals surface area contributed by atoms with Gasteiger partial charge in [-0.25, -0.2) is 0 Å². The van der Waals surface area contributed by atoms with Gasteiger partial charge in [0.25, 0.3) is 0 Å². The number of hydrogen-bond donors (Lipinski definition) is 1. The van der Waals surface area contributed by atoms with Crippen molar-refractivity contribution in [3.05, 3.63) is 21.9 Å². The summed E-state index contributed by atoms with van der Waals surface area (Å²) in [5, 5.41) is 3.48. The van der Waals surface area contributed by atoms with Gasteiger partial charge in [0.1, 0.15) is 0 Å². The molecular weight excluding hydrogens is 252 g/mol. The van der Waals surface area contributed by atoms with Gasteiger partial charge in [-0.3, -0.25) is 4.90 Å². The molecule has 1 saturated heterocycles. The van der Waals surface area contributed by atoms with Crippen molar-refractivity contribution >= 4 is 11.3 Å². The van der Waals surface area contributed by atoms with Gasteiger partial charge in [0.15, 0.2) is 0 Å². The minimum Gasteiger partial charge on any atom is -0.312 e. The predicted molar refractivity (Wildman–Crippen MR) is 84.7 cm³/mol. The van der Waals surface area contributed by atoms with Crippen LogP contribution in [-0.2, 0) is 13.1 Å². The molecule has 0 unspecified atom stereocenters. The van der Waals surface area contributed by atoms with E-state index in [4.69, 9.17) is 0 Å². The molecule has 0 saturated carbocycles. The molecule has 0 amide bonds. The summed E-state index contributed by atoms with van der Waals surface area (Å²) >= 11 is 1.98. The Morgan fingerprint density at radius 3 is 2.47 bits per heavy atom. The van der Waals surface area contributed by atoms with E-state index in [0.29, 0.717) is 0 Å². The van der Waals surface area contributed by atoms with Crippen LogP contribution in [0, 0.1) is 0 Å². The first-order chi connectivity index (χ1) is 9.38. The van der Waals surface area contributed by atoms with E-state index in [1.165, 1.54) is 67.9 Å². The van der Waals surface area contributed by atoms with Crippen molar-refractivity contribution in [3.8, 4) is 0 Å². The SMILES string of the molecule is CCCNCc1ccc(CN2CCCCCCC2)s1. The van der Waals surface area contributed by atoms with Gasteiger partial charge in [-0.2, -0.15) is 0 Å².